The van der Waals surface area contributed by atoms with E-state index >= 15 is 0 Å². The average molecular weight is 317 g/mol. The molecule has 5 nitrogen and oxygen atoms in total. The van der Waals surface area contributed by atoms with Gasteiger partial charge in [0.15, 0.2) is 11.4 Å². The van der Waals surface area contributed by atoms with Crippen molar-refractivity contribution in [2.75, 3.05) is 20.2 Å². The molecule has 1 N–H and O–H groups in total. The molecule has 3 rings (SSSR count). The van der Waals surface area contributed by atoms with Crippen LogP contribution in [-0.4, -0.2) is 41.9 Å². The third-order valence-corrected chi connectivity index (χ3v) is 4.86. The first kappa shape index (κ1) is 16.0. The summed E-state index contributed by atoms with van der Waals surface area (Å²) in [5.41, 5.74) is 2.33. The van der Waals surface area contributed by atoms with Crippen LogP contribution in [0.1, 0.15) is 36.5 Å². The predicted octanol–water partition coefficient (Wildman–Crippen LogP) is 2.78. The number of hydrogen-bond donors (Lipinski definition) is 1. The standard InChI is InChI=1S/C18H23NO4/c1-4-13-6-5-12(2)11-14(13)15-16(20)18(23-17(15)21)7-9-19(22-3)10-8-18/h5-6,11,20H,4,7-10H2,1-3H3. The molecule has 0 bridgehead atoms. The zero-order valence-corrected chi connectivity index (χ0v) is 13.9. The highest BCUT2D eigenvalue weighted by molar-refractivity contribution is 6.20. The van der Waals surface area contributed by atoms with Crippen molar-refractivity contribution in [2.45, 2.75) is 38.7 Å². The van der Waals surface area contributed by atoms with E-state index in [2.05, 4.69) is 0 Å². The van der Waals surface area contributed by atoms with E-state index in [1.807, 2.05) is 37.1 Å². The minimum Gasteiger partial charge on any atom is -0.507 e. The van der Waals surface area contributed by atoms with E-state index in [1.165, 1.54) is 0 Å². The molecule has 1 spiro atoms. The van der Waals surface area contributed by atoms with Crippen LogP contribution >= 0.6 is 0 Å². The summed E-state index contributed by atoms with van der Waals surface area (Å²) in [6.07, 6.45) is 1.87. The minimum absolute atomic E-state index is 0.0820. The van der Waals surface area contributed by atoms with Crippen molar-refractivity contribution in [1.82, 2.24) is 5.06 Å². The highest BCUT2D eigenvalue weighted by Crippen LogP contribution is 2.43. The molecule has 1 aromatic carbocycles. The van der Waals surface area contributed by atoms with E-state index in [-0.39, 0.29) is 5.76 Å². The molecule has 124 valence electrons. The molecule has 0 radical (unpaired) electrons. The molecule has 0 unspecified atom stereocenters. The summed E-state index contributed by atoms with van der Waals surface area (Å²) in [5, 5.41) is 12.6. The second-order valence-corrected chi connectivity index (χ2v) is 6.23. The van der Waals surface area contributed by atoms with Crippen LogP contribution in [-0.2, 0) is 20.8 Å². The lowest BCUT2D eigenvalue weighted by Crippen LogP contribution is -2.45. The second kappa shape index (κ2) is 5.98. The van der Waals surface area contributed by atoms with Gasteiger partial charge in [-0.25, -0.2) is 4.79 Å². The summed E-state index contributed by atoms with van der Waals surface area (Å²) in [6.45, 7) is 5.26. The molecular weight excluding hydrogens is 294 g/mol. The Bertz CT molecular complexity index is 657. The van der Waals surface area contributed by atoms with E-state index in [0.29, 0.717) is 31.5 Å². The van der Waals surface area contributed by atoms with Gasteiger partial charge in [0.25, 0.3) is 0 Å². The zero-order chi connectivity index (χ0) is 16.6. The summed E-state index contributed by atoms with van der Waals surface area (Å²) in [5.74, 6) is -0.341. The quantitative estimate of drug-likeness (QED) is 0.869. The number of hydrogen-bond acceptors (Lipinski definition) is 5. The molecule has 0 aliphatic carbocycles. The Morgan fingerprint density at radius 3 is 2.65 bits per heavy atom. The maximum atomic E-state index is 12.5. The van der Waals surface area contributed by atoms with Gasteiger partial charge in [-0.2, -0.15) is 5.06 Å². The minimum atomic E-state index is -0.893. The van der Waals surface area contributed by atoms with Crippen molar-refractivity contribution in [3.8, 4) is 0 Å². The molecule has 0 aromatic heterocycles. The van der Waals surface area contributed by atoms with Gasteiger partial charge in [0, 0.05) is 25.9 Å². The number of aryl methyl sites for hydroxylation is 2. The highest BCUT2D eigenvalue weighted by atomic mass is 16.7. The Hall–Kier alpha value is -1.85. The van der Waals surface area contributed by atoms with E-state index in [1.54, 1.807) is 7.11 Å². The third-order valence-electron chi connectivity index (χ3n) is 4.86. The predicted molar refractivity (Wildman–Crippen MR) is 86.7 cm³/mol. The number of hydroxylamine groups is 2. The largest absolute Gasteiger partial charge is 0.507 e. The number of ether oxygens (including phenoxy) is 1. The third kappa shape index (κ3) is 2.64. The molecule has 23 heavy (non-hydrogen) atoms. The van der Waals surface area contributed by atoms with Crippen LogP contribution < -0.4 is 0 Å². The fourth-order valence-electron chi connectivity index (χ4n) is 3.44. The van der Waals surface area contributed by atoms with Gasteiger partial charge >= 0.3 is 5.97 Å². The van der Waals surface area contributed by atoms with Gasteiger partial charge in [-0.1, -0.05) is 30.7 Å². The van der Waals surface area contributed by atoms with E-state index < -0.39 is 11.6 Å². The summed E-state index contributed by atoms with van der Waals surface area (Å²) >= 11 is 0. The number of carbonyl (C=O) groups excluding carboxylic acids is 1. The zero-order valence-electron chi connectivity index (χ0n) is 13.9. The Kier molecular flexibility index (Phi) is 4.17. The van der Waals surface area contributed by atoms with Crippen LogP contribution in [0, 0.1) is 6.92 Å². The number of aliphatic hydroxyl groups is 1. The van der Waals surface area contributed by atoms with Crippen LogP contribution in [0.5, 0.6) is 0 Å². The summed E-state index contributed by atoms with van der Waals surface area (Å²) in [7, 11) is 1.63. The Morgan fingerprint density at radius 2 is 2.04 bits per heavy atom. The molecule has 0 amide bonds. The highest BCUT2D eigenvalue weighted by Gasteiger charge is 2.50. The number of rotatable bonds is 3. The van der Waals surface area contributed by atoms with Crippen molar-refractivity contribution < 1.29 is 19.5 Å². The van der Waals surface area contributed by atoms with Crippen LogP contribution in [0.2, 0.25) is 0 Å². The summed E-state index contributed by atoms with van der Waals surface area (Å²) < 4.78 is 5.66. The van der Waals surface area contributed by atoms with Crippen molar-refractivity contribution in [2.24, 2.45) is 0 Å². The van der Waals surface area contributed by atoms with Gasteiger partial charge in [-0.05, 0) is 24.5 Å². The smallest absolute Gasteiger partial charge is 0.343 e. The Balaban J connectivity index is 2.02. The first-order valence-corrected chi connectivity index (χ1v) is 8.07. The lowest BCUT2D eigenvalue weighted by molar-refractivity contribution is -0.182. The van der Waals surface area contributed by atoms with Gasteiger partial charge in [0.2, 0.25) is 0 Å². The molecule has 2 aliphatic heterocycles. The van der Waals surface area contributed by atoms with Crippen LogP contribution in [0.3, 0.4) is 0 Å². The number of esters is 1. The fourth-order valence-corrected chi connectivity index (χ4v) is 3.44. The molecule has 1 fully saturated rings. The second-order valence-electron chi connectivity index (χ2n) is 6.23. The molecule has 5 heteroatoms. The van der Waals surface area contributed by atoms with E-state index in [0.717, 1.165) is 23.1 Å². The van der Waals surface area contributed by atoms with Crippen LogP contribution in [0.4, 0.5) is 0 Å². The summed E-state index contributed by atoms with van der Waals surface area (Å²) in [6, 6.07) is 5.98. The average Bonchev–Trinajstić information content (AvgIpc) is 2.78. The van der Waals surface area contributed by atoms with Crippen molar-refractivity contribution >= 4 is 11.5 Å². The molecule has 2 aliphatic rings. The maximum Gasteiger partial charge on any atom is 0.343 e. The van der Waals surface area contributed by atoms with Crippen LogP contribution in [0.15, 0.2) is 24.0 Å². The molecule has 1 aromatic rings. The molecule has 2 heterocycles. The Morgan fingerprint density at radius 1 is 1.35 bits per heavy atom. The van der Waals surface area contributed by atoms with E-state index in [9.17, 15) is 9.90 Å². The molecule has 0 saturated carbocycles. The number of nitrogens with zero attached hydrogens (tertiary/aromatic N) is 1. The maximum absolute atomic E-state index is 12.5. The fraction of sp³-hybridized carbons (Fsp3) is 0.500. The van der Waals surface area contributed by atoms with Gasteiger partial charge in [0.1, 0.15) is 5.57 Å². The van der Waals surface area contributed by atoms with Gasteiger partial charge in [0.05, 0.1) is 7.11 Å². The van der Waals surface area contributed by atoms with Crippen molar-refractivity contribution in [3.63, 3.8) is 0 Å². The molecular formula is C18H23NO4. The lowest BCUT2D eigenvalue weighted by atomic mass is 9.87. The number of piperidine rings is 1. The summed E-state index contributed by atoms with van der Waals surface area (Å²) in [4.78, 5) is 17.7. The molecule has 1 saturated heterocycles. The lowest BCUT2D eigenvalue weighted by Gasteiger charge is -2.36. The number of carbonyl (C=O) groups is 1. The van der Waals surface area contributed by atoms with Gasteiger partial charge in [-0.3, -0.25) is 0 Å². The SMILES string of the molecule is CCc1ccc(C)cc1C1=C(O)C2(CCN(OC)CC2)OC1=O. The van der Waals surface area contributed by atoms with Gasteiger partial charge in [-0.15, -0.1) is 0 Å². The monoisotopic (exact) mass is 317 g/mol. The Labute approximate surface area is 136 Å². The first-order chi connectivity index (χ1) is 11.0. The first-order valence-electron chi connectivity index (χ1n) is 8.07. The van der Waals surface area contributed by atoms with Crippen molar-refractivity contribution in [3.05, 3.63) is 40.6 Å². The van der Waals surface area contributed by atoms with Crippen molar-refractivity contribution in [1.29, 1.82) is 0 Å². The number of aliphatic hydroxyl groups excluding tert-OH is 1. The van der Waals surface area contributed by atoms with Crippen LogP contribution in [0.25, 0.3) is 5.57 Å². The van der Waals surface area contributed by atoms with E-state index in [4.69, 9.17) is 9.57 Å². The molecule has 0 atom stereocenters. The normalized spacial score (nSPS) is 21.1. The number of benzene rings is 1. The van der Waals surface area contributed by atoms with Gasteiger partial charge < -0.3 is 14.7 Å². The topological polar surface area (TPSA) is 59.0 Å².